The molecule has 1 saturated heterocycles. The predicted octanol–water partition coefficient (Wildman–Crippen LogP) is 3.90. The van der Waals surface area contributed by atoms with E-state index in [1.54, 1.807) is 0 Å². The third-order valence-corrected chi connectivity index (χ3v) is 5.75. The van der Waals surface area contributed by atoms with Crippen molar-refractivity contribution in [2.45, 2.75) is 40.0 Å². The van der Waals surface area contributed by atoms with Crippen LogP contribution in [0, 0.1) is 16.7 Å². The van der Waals surface area contributed by atoms with Gasteiger partial charge in [0.05, 0.1) is 11.1 Å². The van der Waals surface area contributed by atoms with Gasteiger partial charge in [0.25, 0.3) is 0 Å². The van der Waals surface area contributed by atoms with Crippen LogP contribution in [0.1, 0.15) is 33.6 Å². The zero-order chi connectivity index (χ0) is 17.9. The number of anilines is 1. The third kappa shape index (κ3) is 2.29. The second-order valence-electron chi connectivity index (χ2n) is 7.17. The monoisotopic (exact) mass is 341 g/mol. The summed E-state index contributed by atoms with van der Waals surface area (Å²) in [6, 6.07) is 4.82. The van der Waals surface area contributed by atoms with Crippen LogP contribution in [0.4, 0.5) is 18.9 Å². The molecule has 0 N–H and O–H groups in total. The molecule has 0 spiro atoms. The number of carbonyl (C=O) groups is 2. The van der Waals surface area contributed by atoms with Crippen LogP contribution in [0.2, 0.25) is 0 Å². The number of nitrogens with zero attached hydrogens (tertiary/aromatic N) is 1. The molecule has 1 heterocycles. The second kappa shape index (κ2) is 4.97. The molecule has 0 unspecified atom stereocenters. The van der Waals surface area contributed by atoms with Crippen molar-refractivity contribution in [2.24, 2.45) is 16.7 Å². The Labute approximate surface area is 137 Å². The van der Waals surface area contributed by atoms with E-state index in [4.69, 9.17) is 0 Å². The number of fused-ring (bicyclic) bond motifs is 2. The first kappa shape index (κ1) is 16.8. The zero-order valence-electron chi connectivity index (χ0n) is 13.6. The average molecular weight is 341 g/mol. The van der Waals surface area contributed by atoms with Gasteiger partial charge >= 0.3 is 6.36 Å². The summed E-state index contributed by atoms with van der Waals surface area (Å²) in [5.74, 6) is -1.25. The maximum absolute atomic E-state index is 12.9. The number of benzene rings is 1. The molecule has 2 fully saturated rings. The van der Waals surface area contributed by atoms with E-state index >= 15 is 0 Å². The summed E-state index contributed by atoms with van der Waals surface area (Å²) in [6.45, 7) is 5.71. The number of imide groups is 1. The molecule has 0 aromatic heterocycles. The Morgan fingerprint density at radius 3 is 2.25 bits per heavy atom. The Morgan fingerprint density at radius 2 is 1.71 bits per heavy atom. The van der Waals surface area contributed by atoms with Crippen molar-refractivity contribution in [3.05, 3.63) is 24.3 Å². The fraction of sp³-hybridized carbons (Fsp3) is 0.529. The minimum absolute atomic E-state index is 0.271. The SMILES string of the molecule is CC1(C)[C@@H]2CC[C@@]1(C)C(=O)N(c1ccc(OC(F)(F)F)cc1)C2=O. The lowest BCUT2D eigenvalue weighted by atomic mass is 9.62. The normalized spacial score (nSPS) is 29.1. The minimum Gasteiger partial charge on any atom is -0.406 e. The van der Waals surface area contributed by atoms with Gasteiger partial charge in [-0.3, -0.25) is 9.59 Å². The molecule has 3 rings (SSSR count). The average Bonchev–Trinajstić information content (AvgIpc) is 2.64. The number of alkyl halides is 3. The van der Waals surface area contributed by atoms with Crippen LogP contribution in [-0.2, 0) is 9.59 Å². The van der Waals surface area contributed by atoms with Gasteiger partial charge in [0.15, 0.2) is 0 Å². The Kier molecular flexibility index (Phi) is 3.48. The van der Waals surface area contributed by atoms with E-state index < -0.39 is 22.9 Å². The molecular weight excluding hydrogens is 323 g/mol. The number of ether oxygens (including phenoxy) is 1. The van der Waals surface area contributed by atoms with E-state index in [1.807, 2.05) is 20.8 Å². The maximum Gasteiger partial charge on any atom is 0.573 e. The van der Waals surface area contributed by atoms with Gasteiger partial charge in [0, 0.05) is 5.92 Å². The van der Waals surface area contributed by atoms with Gasteiger partial charge in [-0.05, 0) is 42.5 Å². The molecule has 1 saturated carbocycles. The molecule has 1 aliphatic carbocycles. The van der Waals surface area contributed by atoms with Gasteiger partial charge < -0.3 is 4.74 Å². The summed E-state index contributed by atoms with van der Waals surface area (Å²) in [6.07, 6.45) is -3.52. The Bertz CT molecular complexity index is 696. The van der Waals surface area contributed by atoms with Crippen LogP contribution in [0.3, 0.4) is 0 Å². The largest absolute Gasteiger partial charge is 0.573 e. The first-order chi connectivity index (χ1) is 11.0. The molecule has 1 aliphatic heterocycles. The standard InChI is InChI=1S/C17H18F3NO3/c1-15(2)12-8-9-16(15,3)14(23)21(13(12)22)10-4-6-11(7-5-10)24-17(18,19)20/h4-7,12H,8-9H2,1-3H3/t12-,16+/m1/s1. The van der Waals surface area contributed by atoms with E-state index in [2.05, 4.69) is 4.74 Å². The van der Waals surface area contributed by atoms with E-state index in [1.165, 1.54) is 12.1 Å². The summed E-state index contributed by atoms with van der Waals surface area (Å²) in [5.41, 5.74) is -0.822. The number of amides is 2. The van der Waals surface area contributed by atoms with Gasteiger partial charge in [0.2, 0.25) is 11.8 Å². The number of hydrogen-bond donors (Lipinski definition) is 0. The van der Waals surface area contributed by atoms with Crippen molar-refractivity contribution in [3.8, 4) is 5.75 Å². The predicted molar refractivity (Wildman–Crippen MR) is 80.2 cm³/mol. The highest BCUT2D eigenvalue weighted by Gasteiger charge is 2.64. The van der Waals surface area contributed by atoms with Crippen LogP contribution < -0.4 is 9.64 Å². The van der Waals surface area contributed by atoms with E-state index in [0.717, 1.165) is 17.0 Å². The van der Waals surface area contributed by atoms with Gasteiger partial charge in [-0.2, -0.15) is 0 Å². The van der Waals surface area contributed by atoms with Crippen molar-refractivity contribution >= 4 is 17.5 Å². The lowest BCUT2D eigenvalue weighted by Gasteiger charge is -2.47. The molecule has 2 amide bonds. The topological polar surface area (TPSA) is 46.6 Å². The third-order valence-electron chi connectivity index (χ3n) is 5.75. The van der Waals surface area contributed by atoms with E-state index in [-0.39, 0.29) is 23.4 Å². The highest BCUT2D eigenvalue weighted by molar-refractivity contribution is 6.20. The number of halogens is 3. The van der Waals surface area contributed by atoms with E-state index in [9.17, 15) is 22.8 Å². The van der Waals surface area contributed by atoms with Crippen molar-refractivity contribution in [1.82, 2.24) is 0 Å². The fourth-order valence-corrected chi connectivity index (χ4v) is 3.86. The maximum atomic E-state index is 12.9. The van der Waals surface area contributed by atoms with E-state index in [0.29, 0.717) is 12.8 Å². The zero-order valence-corrected chi connectivity index (χ0v) is 13.6. The molecule has 2 bridgehead atoms. The molecule has 4 nitrogen and oxygen atoms in total. The second-order valence-corrected chi connectivity index (χ2v) is 7.17. The lowest BCUT2D eigenvalue weighted by Crippen LogP contribution is -2.59. The van der Waals surface area contributed by atoms with Gasteiger partial charge in [0.1, 0.15) is 5.75 Å². The van der Waals surface area contributed by atoms with Crippen LogP contribution in [0.15, 0.2) is 24.3 Å². The van der Waals surface area contributed by atoms with Crippen LogP contribution in [0.25, 0.3) is 0 Å². The molecule has 1 aromatic carbocycles. The summed E-state index contributed by atoms with van der Waals surface area (Å²) in [7, 11) is 0. The summed E-state index contributed by atoms with van der Waals surface area (Å²) >= 11 is 0. The smallest absolute Gasteiger partial charge is 0.406 e. The highest BCUT2D eigenvalue weighted by atomic mass is 19.4. The first-order valence-electron chi connectivity index (χ1n) is 7.71. The number of piperidine rings is 1. The van der Waals surface area contributed by atoms with Gasteiger partial charge in [-0.15, -0.1) is 13.2 Å². The van der Waals surface area contributed by atoms with Crippen LogP contribution >= 0.6 is 0 Å². The fourth-order valence-electron chi connectivity index (χ4n) is 3.86. The van der Waals surface area contributed by atoms with Gasteiger partial charge in [-0.1, -0.05) is 20.8 Å². The highest BCUT2D eigenvalue weighted by Crippen LogP contribution is 2.60. The number of hydrogen-bond acceptors (Lipinski definition) is 3. The van der Waals surface area contributed by atoms with Crippen molar-refractivity contribution in [1.29, 1.82) is 0 Å². The molecule has 2 aliphatic rings. The molecule has 130 valence electrons. The first-order valence-corrected chi connectivity index (χ1v) is 7.71. The van der Waals surface area contributed by atoms with Crippen LogP contribution in [0.5, 0.6) is 5.75 Å². The Balaban J connectivity index is 1.93. The number of carbonyl (C=O) groups excluding carboxylic acids is 2. The summed E-state index contributed by atoms with van der Waals surface area (Å²) < 4.78 is 40.5. The number of rotatable bonds is 2. The van der Waals surface area contributed by atoms with Crippen LogP contribution in [-0.4, -0.2) is 18.2 Å². The molecule has 2 atom stereocenters. The van der Waals surface area contributed by atoms with Crippen molar-refractivity contribution in [3.63, 3.8) is 0 Å². The molecule has 24 heavy (non-hydrogen) atoms. The Hall–Kier alpha value is -2.05. The quantitative estimate of drug-likeness (QED) is 0.767. The molecule has 7 heteroatoms. The van der Waals surface area contributed by atoms with Crippen molar-refractivity contribution < 1.29 is 27.5 Å². The Morgan fingerprint density at radius 1 is 1.12 bits per heavy atom. The summed E-state index contributed by atoms with van der Waals surface area (Å²) in [5, 5.41) is 0. The molecular formula is C17H18F3NO3. The molecule has 1 aromatic rings. The molecule has 0 radical (unpaired) electrons. The lowest BCUT2D eigenvalue weighted by molar-refractivity contribution is -0.274. The minimum atomic E-state index is -4.78. The van der Waals surface area contributed by atoms with Gasteiger partial charge in [-0.25, -0.2) is 4.90 Å². The van der Waals surface area contributed by atoms with Crippen molar-refractivity contribution in [2.75, 3.05) is 4.90 Å². The summed E-state index contributed by atoms with van der Waals surface area (Å²) in [4.78, 5) is 26.8.